The van der Waals surface area contributed by atoms with Gasteiger partial charge in [-0.25, -0.2) is 4.98 Å². The van der Waals surface area contributed by atoms with Gasteiger partial charge < -0.3 is 0 Å². The van der Waals surface area contributed by atoms with Crippen LogP contribution in [-0.4, -0.2) is 52.0 Å². The minimum Gasteiger partial charge on any atom is -0.299 e. The Morgan fingerprint density at radius 3 is 2.65 bits per heavy atom. The van der Waals surface area contributed by atoms with E-state index in [4.69, 9.17) is 11.6 Å². The van der Waals surface area contributed by atoms with Crippen LogP contribution in [0.15, 0.2) is 12.4 Å². The van der Waals surface area contributed by atoms with Gasteiger partial charge in [-0.15, -0.1) is 0 Å². The predicted octanol–water partition coefficient (Wildman–Crippen LogP) is 1.66. The van der Waals surface area contributed by atoms with Gasteiger partial charge in [-0.2, -0.15) is 0 Å². The van der Waals surface area contributed by atoms with Crippen molar-refractivity contribution >= 4 is 11.6 Å². The van der Waals surface area contributed by atoms with Gasteiger partial charge in [0.2, 0.25) is 0 Å². The molecule has 0 aliphatic carbocycles. The molecule has 1 aliphatic rings. The van der Waals surface area contributed by atoms with Crippen molar-refractivity contribution < 1.29 is 0 Å². The Morgan fingerprint density at radius 1 is 1.29 bits per heavy atom. The van der Waals surface area contributed by atoms with Crippen LogP contribution in [0.1, 0.15) is 19.5 Å². The number of nitrogens with zero attached hydrogens (tertiary/aromatic N) is 4. The molecule has 17 heavy (non-hydrogen) atoms. The van der Waals surface area contributed by atoms with Crippen molar-refractivity contribution in [3.63, 3.8) is 0 Å². The van der Waals surface area contributed by atoms with Gasteiger partial charge in [-0.05, 0) is 20.9 Å². The van der Waals surface area contributed by atoms with E-state index < -0.39 is 0 Å². The third kappa shape index (κ3) is 3.15. The summed E-state index contributed by atoms with van der Waals surface area (Å²) in [5, 5.41) is 0.451. The van der Waals surface area contributed by atoms with Gasteiger partial charge in [0, 0.05) is 31.7 Å². The molecule has 0 spiro atoms. The summed E-state index contributed by atoms with van der Waals surface area (Å²) >= 11 is 5.72. The maximum absolute atomic E-state index is 5.72. The first-order valence-corrected chi connectivity index (χ1v) is 6.25. The molecule has 94 valence electrons. The molecule has 0 bridgehead atoms. The standard InChI is InChI=1S/C12H19ClN4/c1-12(2)9-17(5-4-16(12)3)8-10-6-15-11(13)7-14-10/h6-7H,4-5,8-9H2,1-3H3. The molecule has 1 aromatic rings. The second kappa shape index (κ2) is 4.88. The molecular weight excluding hydrogens is 236 g/mol. The lowest BCUT2D eigenvalue weighted by molar-refractivity contribution is 0.0353. The number of hydrogen-bond donors (Lipinski definition) is 0. The van der Waals surface area contributed by atoms with Crippen LogP contribution in [-0.2, 0) is 6.54 Å². The third-order valence-electron chi connectivity index (χ3n) is 3.45. The van der Waals surface area contributed by atoms with Crippen molar-refractivity contribution in [3.05, 3.63) is 23.2 Å². The summed E-state index contributed by atoms with van der Waals surface area (Å²) < 4.78 is 0. The van der Waals surface area contributed by atoms with Gasteiger partial charge in [-0.3, -0.25) is 14.8 Å². The molecule has 1 saturated heterocycles. The van der Waals surface area contributed by atoms with E-state index in [9.17, 15) is 0 Å². The fourth-order valence-corrected chi connectivity index (χ4v) is 2.22. The number of aromatic nitrogens is 2. The Kier molecular flexibility index (Phi) is 3.66. The van der Waals surface area contributed by atoms with Crippen LogP contribution in [0.3, 0.4) is 0 Å². The molecule has 5 heteroatoms. The van der Waals surface area contributed by atoms with Gasteiger partial charge in [0.1, 0.15) is 5.15 Å². The van der Waals surface area contributed by atoms with Crippen molar-refractivity contribution in [3.8, 4) is 0 Å². The molecule has 1 aliphatic heterocycles. The van der Waals surface area contributed by atoms with E-state index in [0.29, 0.717) is 5.15 Å². The average molecular weight is 255 g/mol. The highest BCUT2D eigenvalue weighted by molar-refractivity contribution is 6.29. The van der Waals surface area contributed by atoms with Crippen molar-refractivity contribution in [2.75, 3.05) is 26.7 Å². The van der Waals surface area contributed by atoms with Gasteiger partial charge in [0.25, 0.3) is 0 Å². The first-order chi connectivity index (χ1) is 7.97. The molecule has 0 atom stereocenters. The van der Waals surface area contributed by atoms with E-state index in [0.717, 1.165) is 31.9 Å². The lowest BCUT2D eigenvalue weighted by Gasteiger charge is -2.45. The van der Waals surface area contributed by atoms with Crippen LogP contribution in [0.4, 0.5) is 0 Å². The fourth-order valence-electron chi connectivity index (χ4n) is 2.13. The topological polar surface area (TPSA) is 32.3 Å². The molecule has 4 nitrogen and oxygen atoms in total. The Balaban J connectivity index is 1.98. The Morgan fingerprint density at radius 2 is 2.06 bits per heavy atom. The zero-order valence-electron chi connectivity index (χ0n) is 10.6. The smallest absolute Gasteiger partial charge is 0.147 e. The summed E-state index contributed by atoms with van der Waals surface area (Å²) in [7, 11) is 2.18. The summed E-state index contributed by atoms with van der Waals surface area (Å²) in [6.45, 7) is 8.60. The van der Waals surface area contributed by atoms with Gasteiger partial charge in [-0.1, -0.05) is 11.6 Å². The second-order valence-electron chi connectivity index (χ2n) is 5.28. The zero-order chi connectivity index (χ0) is 12.5. The lowest BCUT2D eigenvalue weighted by Crippen LogP contribution is -2.57. The fraction of sp³-hybridized carbons (Fsp3) is 0.667. The molecule has 2 rings (SSSR count). The largest absolute Gasteiger partial charge is 0.299 e. The first-order valence-electron chi connectivity index (χ1n) is 5.87. The summed E-state index contributed by atoms with van der Waals surface area (Å²) in [5.74, 6) is 0. The highest BCUT2D eigenvalue weighted by Gasteiger charge is 2.30. The summed E-state index contributed by atoms with van der Waals surface area (Å²) in [4.78, 5) is 13.2. The number of halogens is 1. The lowest BCUT2D eigenvalue weighted by atomic mass is 10.00. The molecule has 0 saturated carbocycles. The Labute approximate surface area is 108 Å². The normalized spacial score (nSPS) is 21.6. The maximum atomic E-state index is 5.72. The molecule has 2 heterocycles. The highest BCUT2D eigenvalue weighted by Crippen LogP contribution is 2.19. The molecule has 0 N–H and O–H groups in total. The van der Waals surface area contributed by atoms with Crippen LogP contribution in [0.25, 0.3) is 0 Å². The van der Waals surface area contributed by atoms with Gasteiger partial charge in [0.05, 0.1) is 18.1 Å². The van der Waals surface area contributed by atoms with Crippen LogP contribution in [0, 0.1) is 0 Å². The summed E-state index contributed by atoms with van der Waals surface area (Å²) in [5.41, 5.74) is 1.20. The summed E-state index contributed by atoms with van der Waals surface area (Å²) in [6.07, 6.45) is 3.37. The maximum Gasteiger partial charge on any atom is 0.147 e. The predicted molar refractivity (Wildman–Crippen MR) is 69.0 cm³/mol. The third-order valence-corrected chi connectivity index (χ3v) is 3.65. The van der Waals surface area contributed by atoms with E-state index >= 15 is 0 Å². The average Bonchev–Trinajstić information content (AvgIpc) is 2.26. The number of rotatable bonds is 2. The van der Waals surface area contributed by atoms with E-state index in [1.165, 1.54) is 0 Å². The van der Waals surface area contributed by atoms with E-state index in [-0.39, 0.29) is 5.54 Å². The Hall–Kier alpha value is -0.710. The van der Waals surface area contributed by atoms with E-state index in [1.54, 1.807) is 12.4 Å². The SMILES string of the molecule is CN1CCN(Cc2cnc(Cl)cn2)CC1(C)C. The van der Waals surface area contributed by atoms with Crippen LogP contribution >= 0.6 is 11.6 Å². The van der Waals surface area contributed by atoms with Crippen molar-refractivity contribution in [1.82, 2.24) is 19.8 Å². The first kappa shape index (κ1) is 12.7. The minimum atomic E-state index is 0.220. The number of likely N-dealkylation sites (N-methyl/N-ethyl adjacent to an activating group) is 1. The van der Waals surface area contributed by atoms with Crippen molar-refractivity contribution in [1.29, 1.82) is 0 Å². The van der Waals surface area contributed by atoms with E-state index in [1.807, 2.05) is 0 Å². The molecular formula is C12H19ClN4. The molecule has 1 fully saturated rings. The second-order valence-corrected chi connectivity index (χ2v) is 5.66. The molecule has 0 radical (unpaired) electrons. The zero-order valence-corrected chi connectivity index (χ0v) is 11.4. The van der Waals surface area contributed by atoms with Gasteiger partial charge in [0.15, 0.2) is 0 Å². The van der Waals surface area contributed by atoms with E-state index in [2.05, 4.69) is 40.7 Å². The Bertz CT molecular complexity index is 377. The number of piperazine rings is 1. The summed E-state index contributed by atoms with van der Waals surface area (Å²) in [6, 6.07) is 0. The molecule has 1 aromatic heterocycles. The highest BCUT2D eigenvalue weighted by atomic mass is 35.5. The van der Waals surface area contributed by atoms with Crippen LogP contribution in [0.2, 0.25) is 5.15 Å². The molecule has 0 unspecified atom stereocenters. The van der Waals surface area contributed by atoms with Gasteiger partial charge >= 0.3 is 0 Å². The molecule has 0 amide bonds. The van der Waals surface area contributed by atoms with Crippen LogP contribution < -0.4 is 0 Å². The van der Waals surface area contributed by atoms with Crippen molar-refractivity contribution in [2.45, 2.75) is 25.9 Å². The minimum absolute atomic E-state index is 0.220. The van der Waals surface area contributed by atoms with Crippen LogP contribution in [0.5, 0.6) is 0 Å². The number of hydrogen-bond acceptors (Lipinski definition) is 4. The molecule has 0 aromatic carbocycles. The quantitative estimate of drug-likeness (QED) is 0.804. The van der Waals surface area contributed by atoms with Crippen molar-refractivity contribution in [2.24, 2.45) is 0 Å². The monoisotopic (exact) mass is 254 g/mol.